The van der Waals surface area contributed by atoms with Crippen molar-refractivity contribution >= 4 is 28.9 Å². The molecule has 38 heavy (non-hydrogen) atoms. The zero-order valence-electron chi connectivity index (χ0n) is 22.2. The van der Waals surface area contributed by atoms with E-state index < -0.39 is 39.9 Å². The fourth-order valence-corrected chi connectivity index (χ4v) is 7.68. The largest absolute Gasteiger partial charge is 0.500 e. The van der Waals surface area contributed by atoms with Crippen molar-refractivity contribution in [3.8, 4) is 0 Å². The highest BCUT2D eigenvalue weighted by molar-refractivity contribution is 8.13. The molecule has 0 saturated carbocycles. The van der Waals surface area contributed by atoms with Crippen LogP contribution in [0.4, 0.5) is 26.3 Å². The molecule has 0 unspecified atom stereocenters. The molecule has 1 aliphatic heterocycles. The Bertz CT molecular complexity index is 827. The number of likely N-dealkylation sites (tertiary alicyclic amines) is 1. The van der Waals surface area contributed by atoms with Crippen LogP contribution < -0.4 is 0 Å². The third kappa shape index (κ3) is 12.3. The second-order valence-electron chi connectivity index (χ2n) is 9.03. The van der Waals surface area contributed by atoms with Crippen LogP contribution in [0.15, 0.2) is 0 Å². The van der Waals surface area contributed by atoms with Crippen molar-refractivity contribution in [1.82, 2.24) is 0 Å². The van der Waals surface area contributed by atoms with E-state index in [4.69, 9.17) is 13.3 Å². The summed E-state index contributed by atoms with van der Waals surface area (Å²) >= 11 is 0. The fraction of sp³-hybridized carbons (Fsp3) is 1.00. The highest BCUT2D eigenvalue weighted by Crippen LogP contribution is 2.36. The number of quaternary nitrogens is 1. The minimum Gasteiger partial charge on any atom is -0.421 e. The summed E-state index contributed by atoms with van der Waals surface area (Å²) in [6.45, 7) is 7.80. The molecule has 9 nitrogen and oxygen atoms in total. The molecule has 1 fully saturated rings. The maximum Gasteiger partial charge on any atom is 0.500 e. The highest BCUT2D eigenvalue weighted by atomic mass is 32.3. The van der Waals surface area contributed by atoms with Crippen LogP contribution in [0, 0.1) is 0 Å². The van der Waals surface area contributed by atoms with Gasteiger partial charge in [0.1, 0.15) is 0 Å². The van der Waals surface area contributed by atoms with E-state index in [0.29, 0.717) is 0 Å². The number of hydrogen-bond acceptors (Lipinski definition) is 7. The summed E-state index contributed by atoms with van der Waals surface area (Å²) < 4.78 is 127. The zero-order valence-corrected chi connectivity index (χ0v) is 24.9. The number of alkyl halides is 6. The lowest BCUT2D eigenvalue weighted by Gasteiger charge is -2.42. The van der Waals surface area contributed by atoms with Crippen LogP contribution >= 0.6 is 0 Å². The molecule has 1 aliphatic rings. The molecule has 0 radical (unpaired) electrons. The predicted molar refractivity (Wildman–Crippen MR) is 132 cm³/mol. The second-order valence-corrected chi connectivity index (χ2v) is 15.5. The third-order valence-electron chi connectivity index (χ3n) is 6.33. The second kappa shape index (κ2) is 16.1. The van der Waals surface area contributed by atoms with E-state index in [0.717, 1.165) is 16.6 Å². The summed E-state index contributed by atoms with van der Waals surface area (Å²) in [5, 5.41) is 0. The van der Waals surface area contributed by atoms with Gasteiger partial charge in [0.2, 0.25) is 0 Å². The van der Waals surface area contributed by atoms with E-state index >= 15 is 0 Å². The highest BCUT2D eigenvalue weighted by Gasteiger charge is 2.47. The third-order valence-corrected chi connectivity index (χ3v) is 11.9. The van der Waals surface area contributed by atoms with E-state index in [1.165, 1.54) is 82.0 Å². The van der Waals surface area contributed by atoms with Gasteiger partial charge < -0.3 is 21.9 Å². The van der Waals surface area contributed by atoms with Crippen molar-refractivity contribution in [2.24, 2.45) is 0 Å². The normalized spacial score (nSPS) is 17.1. The van der Waals surface area contributed by atoms with Crippen LogP contribution in [0.25, 0.3) is 4.13 Å². The van der Waals surface area contributed by atoms with E-state index in [1.807, 2.05) is 0 Å². The first kappa shape index (κ1) is 37.5. The van der Waals surface area contributed by atoms with Gasteiger partial charge in [-0.3, -0.25) is 0 Å². The summed E-state index contributed by atoms with van der Waals surface area (Å²) in [5.41, 5.74) is -12.4. The van der Waals surface area contributed by atoms with E-state index in [2.05, 4.69) is 6.92 Å². The van der Waals surface area contributed by atoms with Gasteiger partial charge in [0, 0.05) is 27.4 Å². The van der Waals surface area contributed by atoms with Gasteiger partial charge in [-0.1, -0.05) is 19.8 Å². The minimum absolute atomic E-state index is 0.778. The van der Waals surface area contributed by atoms with Gasteiger partial charge in [-0.05, 0) is 44.9 Å². The lowest BCUT2D eigenvalue weighted by molar-refractivity contribution is -0.932. The summed E-state index contributed by atoms with van der Waals surface area (Å²) in [7, 11) is -10.7. The summed E-state index contributed by atoms with van der Waals surface area (Å²) in [5.74, 6) is 0. The van der Waals surface area contributed by atoms with Crippen LogP contribution in [-0.4, -0.2) is 88.6 Å². The van der Waals surface area contributed by atoms with Crippen molar-refractivity contribution in [3.63, 3.8) is 0 Å². The lowest BCUT2D eigenvalue weighted by atomic mass is 10.0. The van der Waals surface area contributed by atoms with Gasteiger partial charge in [-0.2, -0.15) is 26.3 Å². The Morgan fingerprint density at radius 2 is 1.13 bits per heavy atom. The SMILES string of the molecule is CCCCCC[N+]1(CCCC[Si](OC)(OC)OC)CCCCC1.O=S(=O)([N-]S(=O)(=O)C(F)(F)F)C(F)(F)F. The van der Waals surface area contributed by atoms with Crippen LogP contribution in [0.3, 0.4) is 0 Å². The Kier molecular flexibility index (Phi) is 15.9. The number of sulfonamides is 2. The van der Waals surface area contributed by atoms with Crippen LogP contribution in [0.5, 0.6) is 0 Å². The lowest BCUT2D eigenvalue weighted by Crippen LogP contribution is -2.52. The Morgan fingerprint density at radius 3 is 1.50 bits per heavy atom. The van der Waals surface area contributed by atoms with E-state index in [1.54, 1.807) is 21.3 Å². The van der Waals surface area contributed by atoms with Crippen molar-refractivity contribution in [1.29, 1.82) is 0 Å². The number of halogens is 6. The molecule has 0 N–H and O–H groups in total. The van der Waals surface area contributed by atoms with Gasteiger partial charge in [0.15, 0.2) is 20.0 Å². The molecule has 0 bridgehead atoms. The quantitative estimate of drug-likeness (QED) is 0.105. The maximum atomic E-state index is 11.4. The molecule has 230 valence electrons. The Morgan fingerprint density at radius 1 is 0.711 bits per heavy atom. The predicted octanol–water partition coefficient (Wildman–Crippen LogP) is 5.29. The number of hydrogen-bond donors (Lipinski definition) is 0. The summed E-state index contributed by atoms with van der Waals surface area (Å²) in [6, 6.07) is 0.937. The molecule has 18 heteroatoms. The first-order valence-corrected chi connectivity index (χ1v) is 17.0. The molecule has 0 aromatic heterocycles. The van der Waals surface area contributed by atoms with Gasteiger partial charge >= 0.3 is 19.8 Å². The molecule has 1 heterocycles. The number of piperidine rings is 1. The minimum atomic E-state index is -6.72. The topological polar surface area (TPSA) is 110 Å². The van der Waals surface area contributed by atoms with Gasteiger partial charge in [-0.15, -0.1) is 0 Å². The van der Waals surface area contributed by atoms with Crippen LogP contribution in [0.2, 0.25) is 6.04 Å². The molecule has 1 rings (SSSR count). The molecule has 0 aromatic rings. The number of unbranched alkanes of at least 4 members (excludes halogenated alkanes) is 4. The first-order chi connectivity index (χ1) is 17.4. The van der Waals surface area contributed by atoms with Crippen molar-refractivity contribution < 1.29 is 60.9 Å². The standard InChI is InChI=1S/C18H40NO3Si.C2F6NO4S2/c1-5-6-7-9-14-19(15-10-8-11-16-19)17-12-13-18-23(20-2,21-3)22-4;3-1(4,5)14(10,11)9-15(12,13)2(6,7)8/h5-18H2,1-4H3;/q+1;-1. The van der Waals surface area contributed by atoms with Crippen molar-refractivity contribution in [2.45, 2.75) is 81.8 Å². The van der Waals surface area contributed by atoms with Crippen molar-refractivity contribution in [3.05, 3.63) is 4.13 Å². The Hall–Kier alpha value is -0.503. The molecular weight excluding hydrogens is 586 g/mol. The molecule has 0 aliphatic carbocycles. The summed E-state index contributed by atoms with van der Waals surface area (Å²) in [6.07, 6.45) is 12.2. The number of nitrogens with zero attached hydrogens (tertiary/aromatic N) is 2. The van der Waals surface area contributed by atoms with Gasteiger partial charge in [0.05, 0.1) is 26.2 Å². The zero-order chi connectivity index (χ0) is 29.7. The molecule has 0 aromatic carbocycles. The molecule has 0 amide bonds. The first-order valence-electron chi connectivity index (χ1n) is 12.2. The number of rotatable bonds is 15. The Labute approximate surface area is 223 Å². The average molecular weight is 627 g/mol. The molecular formula is C20H40F6N2O7S2Si. The smallest absolute Gasteiger partial charge is 0.421 e. The van der Waals surface area contributed by atoms with Gasteiger partial charge in [0.25, 0.3) is 0 Å². The molecule has 1 saturated heterocycles. The van der Waals surface area contributed by atoms with Crippen LogP contribution in [-0.2, 0) is 33.3 Å². The maximum absolute atomic E-state index is 11.4. The summed E-state index contributed by atoms with van der Waals surface area (Å²) in [4.78, 5) is 0. The average Bonchev–Trinajstić information content (AvgIpc) is 2.82. The monoisotopic (exact) mass is 626 g/mol. The van der Waals surface area contributed by atoms with E-state index in [9.17, 15) is 43.2 Å². The van der Waals surface area contributed by atoms with Crippen LogP contribution in [0.1, 0.15) is 64.7 Å². The molecule has 0 atom stereocenters. The van der Waals surface area contributed by atoms with E-state index in [-0.39, 0.29) is 0 Å². The van der Waals surface area contributed by atoms with Crippen molar-refractivity contribution in [2.75, 3.05) is 47.5 Å². The Balaban J connectivity index is 0.000000793. The van der Waals surface area contributed by atoms with Gasteiger partial charge in [-0.25, -0.2) is 16.8 Å². The fourth-order valence-electron chi connectivity index (χ4n) is 4.17. The molecule has 0 spiro atoms.